The highest BCUT2D eigenvalue weighted by Crippen LogP contribution is 2.28. The van der Waals surface area contributed by atoms with Crippen LogP contribution in [0.4, 0.5) is 0 Å². The first-order chi connectivity index (χ1) is 10.1. The van der Waals surface area contributed by atoms with Crippen molar-refractivity contribution in [1.82, 2.24) is 0 Å². The van der Waals surface area contributed by atoms with Gasteiger partial charge in [-0.3, -0.25) is 0 Å². The van der Waals surface area contributed by atoms with Crippen LogP contribution in [0.1, 0.15) is 34.7 Å². The fourth-order valence-electron chi connectivity index (χ4n) is 2.46. The zero-order chi connectivity index (χ0) is 15.2. The van der Waals surface area contributed by atoms with Gasteiger partial charge in [0, 0.05) is 12.6 Å². The summed E-state index contributed by atoms with van der Waals surface area (Å²) in [5, 5.41) is 9.00. The number of nitrogens with two attached hydrogens (primary N) is 1. The van der Waals surface area contributed by atoms with E-state index in [1.54, 1.807) is 0 Å². The van der Waals surface area contributed by atoms with Gasteiger partial charge in [-0.1, -0.05) is 42.5 Å². The second-order valence-corrected chi connectivity index (χ2v) is 5.38. The molecule has 3 heteroatoms. The molecule has 1 unspecified atom stereocenters. The van der Waals surface area contributed by atoms with Crippen molar-refractivity contribution >= 4 is 0 Å². The average Bonchev–Trinajstić information content (AvgIpc) is 2.47. The Hall–Kier alpha value is -1.84. The molecule has 0 aromatic heterocycles. The third-order valence-corrected chi connectivity index (χ3v) is 3.58. The van der Waals surface area contributed by atoms with E-state index in [0.29, 0.717) is 13.0 Å². The van der Waals surface area contributed by atoms with Crippen LogP contribution in [0, 0.1) is 13.8 Å². The van der Waals surface area contributed by atoms with Crippen LogP contribution in [0.2, 0.25) is 0 Å². The first-order valence-corrected chi connectivity index (χ1v) is 7.26. The van der Waals surface area contributed by atoms with Crippen molar-refractivity contribution in [3.63, 3.8) is 0 Å². The lowest BCUT2D eigenvalue weighted by molar-refractivity contribution is 0.276. The van der Waals surface area contributed by atoms with E-state index in [0.717, 1.165) is 28.0 Å². The maximum Gasteiger partial charge on any atom is 0.125 e. The third-order valence-electron chi connectivity index (χ3n) is 3.58. The molecule has 0 saturated heterocycles. The molecular formula is C18H23NO2. The minimum atomic E-state index is -0.129. The summed E-state index contributed by atoms with van der Waals surface area (Å²) in [4.78, 5) is 0. The van der Waals surface area contributed by atoms with Crippen LogP contribution in [0.3, 0.4) is 0 Å². The predicted octanol–water partition coefficient (Wildman–Crippen LogP) is 3.26. The Morgan fingerprint density at radius 1 is 1.10 bits per heavy atom. The quantitative estimate of drug-likeness (QED) is 0.856. The second-order valence-electron chi connectivity index (χ2n) is 5.38. The maximum absolute atomic E-state index is 9.00. The molecule has 0 fully saturated rings. The van der Waals surface area contributed by atoms with Gasteiger partial charge in [-0.05, 0) is 42.5 Å². The Bertz CT molecular complexity index is 558. The minimum Gasteiger partial charge on any atom is -0.488 e. The van der Waals surface area contributed by atoms with Crippen molar-refractivity contribution < 1.29 is 9.84 Å². The summed E-state index contributed by atoms with van der Waals surface area (Å²) >= 11 is 0. The highest BCUT2D eigenvalue weighted by molar-refractivity contribution is 5.44. The molecule has 2 aromatic rings. The lowest BCUT2D eigenvalue weighted by Gasteiger charge is -2.17. The summed E-state index contributed by atoms with van der Waals surface area (Å²) in [6, 6.07) is 14.1. The minimum absolute atomic E-state index is 0.103. The second kappa shape index (κ2) is 7.25. The lowest BCUT2D eigenvalue weighted by Crippen LogP contribution is -2.12. The molecule has 0 bridgehead atoms. The SMILES string of the molecule is Cc1cc(C(N)CCO)cc(C)c1OCc1ccccc1. The number of ether oxygens (including phenoxy) is 1. The van der Waals surface area contributed by atoms with Crippen LogP contribution >= 0.6 is 0 Å². The van der Waals surface area contributed by atoms with Crippen LogP contribution in [0.15, 0.2) is 42.5 Å². The third kappa shape index (κ3) is 4.06. The van der Waals surface area contributed by atoms with E-state index < -0.39 is 0 Å². The van der Waals surface area contributed by atoms with Crippen molar-refractivity contribution in [2.45, 2.75) is 32.9 Å². The molecule has 2 rings (SSSR count). The van der Waals surface area contributed by atoms with Crippen molar-refractivity contribution in [3.05, 3.63) is 64.7 Å². The van der Waals surface area contributed by atoms with Gasteiger partial charge in [0.2, 0.25) is 0 Å². The largest absolute Gasteiger partial charge is 0.488 e. The van der Waals surface area contributed by atoms with Gasteiger partial charge in [-0.15, -0.1) is 0 Å². The number of aryl methyl sites for hydroxylation is 2. The molecule has 3 nitrogen and oxygen atoms in total. The van der Waals surface area contributed by atoms with Crippen LogP contribution < -0.4 is 10.5 Å². The molecule has 3 N–H and O–H groups in total. The van der Waals surface area contributed by atoms with Gasteiger partial charge in [-0.2, -0.15) is 0 Å². The lowest BCUT2D eigenvalue weighted by atomic mass is 9.99. The van der Waals surface area contributed by atoms with Crippen molar-refractivity contribution in [2.24, 2.45) is 5.73 Å². The molecule has 0 amide bonds. The predicted molar refractivity (Wildman–Crippen MR) is 85.3 cm³/mol. The van der Waals surface area contributed by atoms with Gasteiger partial charge >= 0.3 is 0 Å². The summed E-state index contributed by atoms with van der Waals surface area (Å²) in [6.07, 6.45) is 0.573. The summed E-state index contributed by atoms with van der Waals surface area (Å²) in [6.45, 7) is 4.72. The Balaban J connectivity index is 2.13. The number of hydrogen-bond acceptors (Lipinski definition) is 3. The fraction of sp³-hybridized carbons (Fsp3) is 0.333. The van der Waals surface area contributed by atoms with E-state index in [9.17, 15) is 0 Å². The Morgan fingerprint density at radius 3 is 2.29 bits per heavy atom. The molecule has 0 aliphatic heterocycles. The number of hydrogen-bond donors (Lipinski definition) is 2. The molecule has 112 valence electrons. The van der Waals surface area contributed by atoms with Gasteiger partial charge in [0.05, 0.1) is 0 Å². The molecule has 1 atom stereocenters. The molecule has 2 aromatic carbocycles. The average molecular weight is 285 g/mol. The smallest absolute Gasteiger partial charge is 0.125 e. The Kier molecular flexibility index (Phi) is 5.37. The fourth-order valence-corrected chi connectivity index (χ4v) is 2.46. The van der Waals surface area contributed by atoms with E-state index in [2.05, 4.69) is 12.1 Å². The summed E-state index contributed by atoms with van der Waals surface area (Å²) in [7, 11) is 0. The van der Waals surface area contributed by atoms with E-state index in [1.807, 2.05) is 44.2 Å². The van der Waals surface area contributed by atoms with Crippen LogP contribution in [-0.4, -0.2) is 11.7 Å². The molecule has 0 heterocycles. The molecule has 0 aliphatic carbocycles. The highest BCUT2D eigenvalue weighted by Gasteiger charge is 2.11. The number of aliphatic hydroxyl groups excluding tert-OH is 1. The molecule has 0 radical (unpaired) electrons. The van der Waals surface area contributed by atoms with E-state index in [4.69, 9.17) is 15.6 Å². The summed E-state index contributed by atoms with van der Waals surface area (Å²) < 4.78 is 5.96. The van der Waals surface area contributed by atoms with Crippen LogP contribution in [0.25, 0.3) is 0 Å². The van der Waals surface area contributed by atoms with Crippen molar-refractivity contribution in [2.75, 3.05) is 6.61 Å². The van der Waals surface area contributed by atoms with Crippen LogP contribution in [0.5, 0.6) is 5.75 Å². The van der Waals surface area contributed by atoms with Gasteiger partial charge < -0.3 is 15.6 Å². The van der Waals surface area contributed by atoms with E-state index in [-0.39, 0.29) is 12.6 Å². The van der Waals surface area contributed by atoms with E-state index >= 15 is 0 Å². The summed E-state index contributed by atoms with van der Waals surface area (Å²) in [5.41, 5.74) is 10.4. The van der Waals surface area contributed by atoms with Gasteiger partial charge in [0.1, 0.15) is 12.4 Å². The normalized spacial score (nSPS) is 12.2. The van der Waals surface area contributed by atoms with Crippen LogP contribution in [-0.2, 0) is 6.61 Å². The first kappa shape index (κ1) is 15.5. The number of aliphatic hydroxyl groups is 1. The molecule has 0 spiro atoms. The zero-order valence-corrected chi connectivity index (χ0v) is 12.7. The van der Waals surface area contributed by atoms with E-state index in [1.165, 1.54) is 0 Å². The monoisotopic (exact) mass is 285 g/mol. The Labute approximate surface area is 126 Å². The van der Waals surface area contributed by atoms with Gasteiger partial charge in [0.15, 0.2) is 0 Å². The number of rotatable bonds is 6. The van der Waals surface area contributed by atoms with Crippen molar-refractivity contribution in [3.8, 4) is 5.75 Å². The topological polar surface area (TPSA) is 55.5 Å². The molecular weight excluding hydrogens is 262 g/mol. The standard InChI is InChI=1S/C18H23NO2/c1-13-10-16(17(19)8-9-20)11-14(2)18(13)21-12-15-6-4-3-5-7-15/h3-7,10-11,17,20H,8-9,12,19H2,1-2H3. The zero-order valence-electron chi connectivity index (χ0n) is 12.7. The molecule has 21 heavy (non-hydrogen) atoms. The first-order valence-electron chi connectivity index (χ1n) is 7.26. The Morgan fingerprint density at radius 2 is 1.71 bits per heavy atom. The molecule has 0 saturated carbocycles. The number of benzene rings is 2. The summed E-state index contributed by atoms with van der Waals surface area (Å²) in [5.74, 6) is 0.916. The van der Waals surface area contributed by atoms with Gasteiger partial charge in [-0.25, -0.2) is 0 Å². The van der Waals surface area contributed by atoms with Crippen molar-refractivity contribution in [1.29, 1.82) is 0 Å². The maximum atomic E-state index is 9.00. The molecule has 0 aliphatic rings. The van der Waals surface area contributed by atoms with Gasteiger partial charge in [0.25, 0.3) is 0 Å². The highest BCUT2D eigenvalue weighted by atomic mass is 16.5.